The van der Waals surface area contributed by atoms with E-state index in [1.54, 1.807) is 37.0 Å². The first-order valence-corrected chi connectivity index (χ1v) is 6.26. The Morgan fingerprint density at radius 1 is 1.10 bits per heavy atom. The molecule has 0 radical (unpaired) electrons. The number of hydrogen-bond acceptors (Lipinski definition) is 4. The largest absolute Gasteiger partial charge is 0.493 e. The van der Waals surface area contributed by atoms with Gasteiger partial charge in [-0.3, -0.25) is 9.36 Å². The quantitative estimate of drug-likeness (QED) is 0.920. The maximum atomic E-state index is 12.4. The van der Waals surface area contributed by atoms with Crippen LogP contribution in [0.25, 0.3) is 5.69 Å². The third-order valence-electron chi connectivity index (χ3n) is 3.20. The normalized spacial score (nSPS) is 10.4. The monoisotopic (exact) mass is 274 g/mol. The molecule has 0 aliphatic heterocycles. The van der Waals surface area contributed by atoms with E-state index in [-0.39, 0.29) is 12.1 Å². The summed E-state index contributed by atoms with van der Waals surface area (Å²) in [5.74, 6) is 1.20. The van der Waals surface area contributed by atoms with Crippen LogP contribution < -0.4 is 20.8 Å². The van der Waals surface area contributed by atoms with Gasteiger partial charge in [-0.2, -0.15) is 0 Å². The first kappa shape index (κ1) is 14.1. The first-order chi connectivity index (χ1) is 9.62. The molecular weight excluding hydrogens is 256 g/mol. The van der Waals surface area contributed by atoms with Crippen molar-refractivity contribution in [2.75, 3.05) is 14.2 Å². The Morgan fingerprint density at radius 2 is 1.80 bits per heavy atom. The van der Waals surface area contributed by atoms with Gasteiger partial charge in [0.05, 0.1) is 19.9 Å². The summed E-state index contributed by atoms with van der Waals surface area (Å²) < 4.78 is 12.1. The second-order valence-electron chi connectivity index (χ2n) is 4.38. The van der Waals surface area contributed by atoms with Crippen molar-refractivity contribution in [1.29, 1.82) is 0 Å². The summed E-state index contributed by atoms with van der Waals surface area (Å²) in [5.41, 5.74) is 7.61. The zero-order valence-corrected chi connectivity index (χ0v) is 11.8. The van der Waals surface area contributed by atoms with Gasteiger partial charge in [-0.1, -0.05) is 6.07 Å². The van der Waals surface area contributed by atoms with Crippen LogP contribution in [0.4, 0.5) is 0 Å². The maximum Gasteiger partial charge on any atom is 0.259 e. The molecule has 0 spiro atoms. The van der Waals surface area contributed by atoms with Crippen molar-refractivity contribution in [3.63, 3.8) is 0 Å². The average Bonchev–Trinajstić information content (AvgIpc) is 2.47. The molecule has 2 N–H and O–H groups in total. The lowest BCUT2D eigenvalue weighted by Crippen LogP contribution is -2.25. The van der Waals surface area contributed by atoms with Gasteiger partial charge in [-0.15, -0.1) is 0 Å². The lowest BCUT2D eigenvalue weighted by atomic mass is 10.2. The van der Waals surface area contributed by atoms with Crippen LogP contribution in [-0.2, 0) is 6.54 Å². The van der Waals surface area contributed by atoms with E-state index in [0.717, 1.165) is 11.4 Å². The highest BCUT2D eigenvalue weighted by Crippen LogP contribution is 2.29. The van der Waals surface area contributed by atoms with Crippen molar-refractivity contribution < 1.29 is 9.47 Å². The second-order valence-corrected chi connectivity index (χ2v) is 4.38. The number of aryl methyl sites for hydroxylation is 1. The molecule has 0 saturated carbocycles. The van der Waals surface area contributed by atoms with E-state index in [1.165, 1.54) is 0 Å². The Balaban J connectivity index is 2.65. The highest BCUT2D eigenvalue weighted by molar-refractivity contribution is 5.49. The smallest absolute Gasteiger partial charge is 0.259 e. The van der Waals surface area contributed by atoms with Crippen LogP contribution in [0.2, 0.25) is 0 Å². The van der Waals surface area contributed by atoms with Crippen molar-refractivity contribution in [3.05, 3.63) is 51.9 Å². The van der Waals surface area contributed by atoms with E-state index in [9.17, 15) is 4.79 Å². The maximum absolute atomic E-state index is 12.4. The lowest BCUT2D eigenvalue weighted by molar-refractivity contribution is 0.355. The van der Waals surface area contributed by atoms with E-state index >= 15 is 0 Å². The highest BCUT2D eigenvalue weighted by Gasteiger charge is 2.10. The summed E-state index contributed by atoms with van der Waals surface area (Å²) in [6.45, 7) is 2.09. The van der Waals surface area contributed by atoms with Gasteiger partial charge >= 0.3 is 0 Å². The van der Waals surface area contributed by atoms with Crippen molar-refractivity contribution in [1.82, 2.24) is 4.57 Å². The molecule has 5 heteroatoms. The minimum absolute atomic E-state index is 0.111. The zero-order valence-electron chi connectivity index (χ0n) is 11.8. The fourth-order valence-corrected chi connectivity index (χ4v) is 2.11. The summed E-state index contributed by atoms with van der Waals surface area (Å²) in [5, 5.41) is 0. The molecule has 2 aromatic rings. The molecule has 1 heterocycles. The third-order valence-corrected chi connectivity index (χ3v) is 3.20. The van der Waals surface area contributed by atoms with Gasteiger partial charge in [0.1, 0.15) is 0 Å². The van der Waals surface area contributed by atoms with Gasteiger partial charge in [0.25, 0.3) is 5.56 Å². The van der Waals surface area contributed by atoms with Crippen LogP contribution in [0.1, 0.15) is 11.3 Å². The van der Waals surface area contributed by atoms with Gasteiger partial charge in [-0.25, -0.2) is 0 Å². The fourth-order valence-electron chi connectivity index (χ4n) is 2.11. The summed E-state index contributed by atoms with van der Waals surface area (Å²) in [6, 6.07) is 8.99. The number of aromatic nitrogens is 1. The van der Waals surface area contributed by atoms with E-state index in [4.69, 9.17) is 15.2 Å². The number of rotatable bonds is 4. The molecule has 1 aromatic heterocycles. The van der Waals surface area contributed by atoms with Gasteiger partial charge in [-0.05, 0) is 25.1 Å². The third kappa shape index (κ3) is 2.40. The van der Waals surface area contributed by atoms with Crippen molar-refractivity contribution in [2.45, 2.75) is 13.5 Å². The standard InChI is InChI=1S/C15H18N2O3/c1-10-4-5-11(9-16)15(18)17(10)12-6-7-13(19-2)14(8-12)20-3/h4-8H,9,16H2,1-3H3. The number of nitrogens with zero attached hydrogens (tertiary/aromatic N) is 1. The Morgan fingerprint density at radius 3 is 2.40 bits per heavy atom. The number of benzene rings is 1. The molecule has 0 bridgehead atoms. The Kier molecular flexibility index (Phi) is 4.10. The van der Waals surface area contributed by atoms with E-state index in [0.29, 0.717) is 17.1 Å². The topological polar surface area (TPSA) is 66.5 Å². The molecule has 0 saturated heterocycles. The number of nitrogens with two attached hydrogens (primary N) is 1. The second kappa shape index (κ2) is 5.79. The Bertz CT molecular complexity index is 677. The first-order valence-electron chi connectivity index (χ1n) is 6.26. The lowest BCUT2D eigenvalue weighted by Gasteiger charge is -2.14. The Labute approximate surface area is 117 Å². The molecule has 20 heavy (non-hydrogen) atoms. The van der Waals surface area contributed by atoms with Crippen molar-refractivity contribution in [2.24, 2.45) is 5.73 Å². The molecule has 0 unspecified atom stereocenters. The van der Waals surface area contributed by atoms with Crippen molar-refractivity contribution in [3.8, 4) is 17.2 Å². The molecule has 1 aromatic carbocycles. The molecule has 5 nitrogen and oxygen atoms in total. The molecule has 0 atom stereocenters. The van der Waals surface area contributed by atoms with Gasteiger partial charge in [0, 0.05) is 23.9 Å². The molecule has 0 aliphatic carbocycles. The van der Waals surface area contributed by atoms with Crippen molar-refractivity contribution >= 4 is 0 Å². The minimum Gasteiger partial charge on any atom is -0.493 e. The number of ether oxygens (including phenoxy) is 2. The summed E-state index contributed by atoms with van der Waals surface area (Å²) in [7, 11) is 3.14. The molecular formula is C15H18N2O3. The molecule has 0 fully saturated rings. The van der Waals surface area contributed by atoms with E-state index in [1.807, 2.05) is 19.1 Å². The Hall–Kier alpha value is -2.27. The fraction of sp³-hybridized carbons (Fsp3) is 0.267. The summed E-state index contributed by atoms with van der Waals surface area (Å²) >= 11 is 0. The van der Waals surface area contributed by atoms with E-state index in [2.05, 4.69) is 0 Å². The van der Waals surface area contributed by atoms with Crippen LogP contribution in [-0.4, -0.2) is 18.8 Å². The van der Waals surface area contributed by atoms with Crippen LogP contribution in [0, 0.1) is 6.92 Å². The predicted octanol–water partition coefficient (Wildman–Crippen LogP) is 1.62. The predicted molar refractivity (Wildman–Crippen MR) is 77.8 cm³/mol. The average molecular weight is 274 g/mol. The van der Waals surface area contributed by atoms with Gasteiger partial charge in [0.2, 0.25) is 0 Å². The summed E-state index contributed by atoms with van der Waals surface area (Å²) in [4.78, 5) is 12.4. The molecule has 0 aliphatic rings. The number of pyridine rings is 1. The molecule has 0 amide bonds. The molecule has 2 rings (SSSR count). The van der Waals surface area contributed by atoms with Crippen LogP contribution >= 0.6 is 0 Å². The summed E-state index contributed by atoms with van der Waals surface area (Å²) in [6.07, 6.45) is 0. The zero-order chi connectivity index (χ0) is 14.7. The highest BCUT2D eigenvalue weighted by atomic mass is 16.5. The van der Waals surface area contributed by atoms with Crippen LogP contribution in [0.5, 0.6) is 11.5 Å². The SMILES string of the molecule is COc1ccc(-n2c(C)ccc(CN)c2=O)cc1OC. The number of methoxy groups -OCH3 is 2. The van der Waals surface area contributed by atoms with Gasteiger partial charge < -0.3 is 15.2 Å². The van der Waals surface area contributed by atoms with E-state index < -0.39 is 0 Å². The number of hydrogen-bond donors (Lipinski definition) is 1. The minimum atomic E-state index is -0.111. The van der Waals surface area contributed by atoms with Crippen LogP contribution in [0.15, 0.2) is 35.1 Å². The van der Waals surface area contributed by atoms with Crippen LogP contribution in [0.3, 0.4) is 0 Å². The van der Waals surface area contributed by atoms with Gasteiger partial charge in [0.15, 0.2) is 11.5 Å². The molecule has 106 valence electrons.